The van der Waals surface area contributed by atoms with Gasteiger partial charge in [-0.1, -0.05) is 6.07 Å². The van der Waals surface area contributed by atoms with Crippen LogP contribution in [-0.2, 0) is 16.0 Å². The van der Waals surface area contributed by atoms with Gasteiger partial charge in [-0.3, -0.25) is 4.79 Å². The maximum absolute atomic E-state index is 12.0. The molecule has 0 saturated heterocycles. The number of aryl methyl sites for hydroxylation is 1. The molecule has 1 atom stereocenters. The number of benzene rings is 1. The van der Waals surface area contributed by atoms with Crippen LogP contribution in [-0.4, -0.2) is 25.2 Å². The molecule has 1 aromatic rings. The van der Waals surface area contributed by atoms with Crippen LogP contribution in [0.1, 0.15) is 76.3 Å². The van der Waals surface area contributed by atoms with Crippen LogP contribution in [0.4, 0.5) is 5.69 Å². The monoisotopic (exact) mass is 343 g/mol. The summed E-state index contributed by atoms with van der Waals surface area (Å²) in [6.45, 7) is 6.97. The van der Waals surface area contributed by atoms with Crippen molar-refractivity contribution in [3.05, 3.63) is 29.3 Å². The van der Waals surface area contributed by atoms with Crippen molar-refractivity contribution in [2.24, 2.45) is 5.92 Å². The van der Waals surface area contributed by atoms with Crippen LogP contribution < -0.4 is 4.90 Å². The van der Waals surface area contributed by atoms with Gasteiger partial charge in [0.05, 0.1) is 0 Å². The van der Waals surface area contributed by atoms with Gasteiger partial charge in [-0.15, -0.1) is 0 Å². The molecule has 0 heterocycles. The van der Waals surface area contributed by atoms with E-state index in [-0.39, 0.29) is 11.6 Å². The third kappa shape index (κ3) is 5.23. The molecule has 3 heteroatoms. The lowest BCUT2D eigenvalue weighted by Crippen LogP contribution is -2.24. The van der Waals surface area contributed by atoms with Gasteiger partial charge < -0.3 is 9.64 Å². The van der Waals surface area contributed by atoms with Crippen LogP contribution in [0.25, 0.3) is 0 Å². The van der Waals surface area contributed by atoms with Crippen LogP contribution in [0.5, 0.6) is 0 Å². The van der Waals surface area contributed by atoms with Gasteiger partial charge in [-0.25, -0.2) is 0 Å². The van der Waals surface area contributed by atoms with E-state index in [4.69, 9.17) is 4.74 Å². The fourth-order valence-corrected chi connectivity index (χ4v) is 3.92. The first kappa shape index (κ1) is 18.3. The van der Waals surface area contributed by atoms with E-state index >= 15 is 0 Å². The topological polar surface area (TPSA) is 29.5 Å². The standard InChI is InChI=1S/C22H33NO2/c1-22(2,3)25-21(24)13-10-17-6-5-7-18-14-19(11-12-20(17)18)23(4)15-16-8-9-16/h11-12,14,16-17H,5-10,13,15H2,1-4H3/t17-/m0/s1. The smallest absolute Gasteiger partial charge is 0.306 e. The molecule has 0 radical (unpaired) electrons. The quantitative estimate of drug-likeness (QED) is 0.675. The number of hydrogen-bond acceptors (Lipinski definition) is 3. The second-order valence-electron chi connectivity index (χ2n) is 8.92. The molecule has 0 aromatic heterocycles. The van der Waals surface area contributed by atoms with Crippen LogP contribution >= 0.6 is 0 Å². The number of anilines is 1. The number of nitrogens with zero attached hydrogens (tertiary/aromatic N) is 1. The van der Waals surface area contributed by atoms with Crippen molar-refractivity contribution < 1.29 is 9.53 Å². The Morgan fingerprint density at radius 1 is 1.24 bits per heavy atom. The summed E-state index contributed by atoms with van der Waals surface area (Å²) in [5.74, 6) is 1.34. The van der Waals surface area contributed by atoms with E-state index in [1.54, 1.807) is 0 Å². The number of carbonyl (C=O) groups excluding carboxylic acids is 1. The molecule has 2 aliphatic rings. The van der Waals surface area contributed by atoms with Crippen molar-refractivity contribution in [3.8, 4) is 0 Å². The van der Waals surface area contributed by atoms with Crippen LogP contribution in [0.2, 0.25) is 0 Å². The van der Waals surface area contributed by atoms with E-state index in [0.717, 1.165) is 12.3 Å². The molecule has 0 N–H and O–H groups in total. The van der Waals surface area contributed by atoms with E-state index in [1.807, 2.05) is 20.8 Å². The summed E-state index contributed by atoms with van der Waals surface area (Å²) in [6.07, 6.45) is 7.78. The summed E-state index contributed by atoms with van der Waals surface area (Å²) in [4.78, 5) is 14.4. The van der Waals surface area contributed by atoms with Gasteiger partial charge in [0, 0.05) is 25.7 Å². The first-order chi connectivity index (χ1) is 11.8. The van der Waals surface area contributed by atoms with Crippen molar-refractivity contribution in [1.29, 1.82) is 0 Å². The second kappa shape index (κ2) is 7.39. The number of rotatable bonds is 6. The zero-order valence-corrected chi connectivity index (χ0v) is 16.3. The van der Waals surface area contributed by atoms with E-state index in [0.29, 0.717) is 12.3 Å². The molecule has 0 amide bonds. The second-order valence-corrected chi connectivity index (χ2v) is 8.92. The van der Waals surface area contributed by atoms with Crippen molar-refractivity contribution in [2.45, 2.75) is 77.2 Å². The maximum atomic E-state index is 12.0. The zero-order valence-electron chi connectivity index (χ0n) is 16.3. The Balaban J connectivity index is 1.62. The fourth-order valence-electron chi connectivity index (χ4n) is 3.92. The van der Waals surface area contributed by atoms with E-state index in [1.165, 1.54) is 55.5 Å². The Morgan fingerprint density at radius 2 is 2.00 bits per heavy atom. The molecular formula is C22H33NO2. The number of ether oxygens (including phenoxy) is 1. The molecule has 1 fully saturated rings. The third-order valence-electron chi connectivity index (χ3n) is 5.35. The van der Waals surface area contributed by atoms with E-state index in [2.05, 4.69) is 30.1 Å². The normalized spacial score (nSPS) is 20.1. The summed E-state index contributed by atoms with van der Waals surface area (Å²) < 4.78 is 5.46. The highest BCUT2D eigenvalue weighted by molar-refractivity contribution is 5.70. The SMILES string of the molecule is CN(CC1CC1)c1ccc2c(c1)CCC[C@H]2CCC(=O)OC(C)(C)C. The van der Waals surface area contributed by atoms with Crippen molar-refractivity contribution in [1.82, 2.24) is 0 Å². The lowest BCUT2D eigenvalue weighted by Gasteiger charge is -2.28. The summed E-state index contributed by atoms with van der Waals surface area (Å²) in [5, 5.41) is 0. The van der Waals surface area contributed by atoms with Gasteiger partial charge in [0.25, 0.3) is 0 Å². The molecule has 2 aliphatic carbocycles. The minimum atomic E-state index is -0.386. The van der Waals surface area contributed by atoms with Crippen LogP contribution in [0.3, 0.4) is 0 Å². The van der Waals surface area contributed by atoms with Gasteiger partial charge in [-0.05, 0) is 94.4 Å². The van der Waals surface area contributed by atoms with Crippen molar-refractivity contribution >= 4 is 11.7 Å². The molecule has 1 aromatic carbocycles. The minimum Gasteiger partial charge on any atom is -0.460 e. The molecule has 0 aliphatic heterocycles. The van der Waals surface area contributed by atoms with Crippen molar-refractivity contribution in [3.63, 3.8) is 0 Å². The molecule has 0 unspecified atom stereocenters. The number of hydrogen-bond donors (Lipinski definition) is 0. The predicted octanol–water partition coefficient (Wildman–Crippen LogP) is 5.07. The molecule has 3 nitrogen and oxygen atoms in total. The predicted molar refractivity (Wildman–Crippen MR) is 103 cm³/mol. The van der Waals surface area contributed by atoms with Gasteiger partial charge >= 0.3 is 5.97 Å². The van der Waals surface area contributed by atoms with Gasteiger partial charge in [0.2, 0.25) is 0 Å². The molecule has 0 spiro atoms. The lowest BCUT2D eigenvalue weighted by atomic mass is 9.80. The Hall–Kier alpha value is -1.51. The Labute approximate surface area is 152 Å². The van der Waals surface area contributed by atoms with E-state index in [9.17, 15) is 4.79 Å². The number of esters is 1. The van der Waals surface area contributed by atoms with Gasteiger partial charge in [0.15, 0.2) is 0 Å². The molecule has 3 rings (SSSR count). The Morgan fingerprint density at radius 3 is 2.68 bits per heavy atom. The highest BCUT2D eigenvalue weighted by Gasteiger charge is 2.25. The summed E-state index contributed by atoms with van der Waals surface area (Å²) in [6, 6.07) is 6.97. The average Bonchev–Trinajstić information content (AvgIpc) is 3.34. The van der Waals surface area contributed by atoms with E-state index < -0.39 is 0 Å². The third-order valence-corrected chi connectivity index (χ3v) is 5.35. The number of carbonyl (C=O) groups is 1. The van der Waals surface area contributed by atoms with Gasteiger partial charge in [0.1, 0.15) is 5.60 Å². The highest BCUT2D eigenvalue weighted by atomic mass is 16.6. The Bertz CT molecular complexity index is 613. The lowest BCUT2D eigenvalue weighted by molar-refractivity contribution is -0.155. The zero-order chi connectivity index (χ0) is 18.0. The van der Waals surface area contributed by atoms with Crippen LogP contribution in [0, 0.1) is 5.92 Å². The summed E-state index contributed by atoms with van der Waals surface area (Å²) in [7, 11) is 2.21. The first-order valence-electron chi connectivity index (χ1n) is 9.87. The number of fused-ring (bicyclic) bond motifs is 1. The first-order valence-corrected chi connectivity index (χ1v) is 9.87. The molecule has 138 valence electrons. The highest BCUT2D eigenvalue weighted by Crippen LogP contribution is 2.37. The minimum absolute atomic E-state index is 0.0691. The van der Waals surface area contributed by atoms with Gasteiger partial charge in [-0.2, -0.15) is 0 Å². The molecule has 0 bridgehead atoms. The largest absolute Gasteiger partial charge is 0.460 e. The average molecular weight is 344 g/mol. The maximum Gasteiger partial charge on any atom is 0.306 e. The Kier molecular flexibility index (Phi) is 5.41. The molecule has 25 heavy (non-hydrogen) atoms. The fraction of sp³-hybridized carbons (Fsp3) is 0.682. The molecular weight excluding hydrogens is 310 g/mol. The molecule has 1 saturated carbocycles. The van der Waals surface area contributed by atoms with Crippen LogP contribution in [0.15, 0.2) is 18.2 Å². The summed E-state index contributed by atoms with van der Waals surface area (Å²) in [5.41, 5.74) is 3.90. The van der Waals surface area contributed by atoms with Crippen molar-refractivity contribution in [2.75, 3.05) is 18.5 Å². The summed E-state index contributed by atoms with van der Waals surface area (Å²) >= 11 is 0.